The van der Waals surface area contributed by atoms with Gasteiger partial charge in [0.25, 0.3) is 0 Å². The van der Waals surface area contributed by atoms with E-state index in [2.05, 4.69) is 19.8 Å². The number of hydrogen-bond donors (Lipinski definition) is 1. The lowest BCUT2D eigenvalue weighted by atomic mass is 9.72. The fourth-order valence-electron chi connectivity index (χ4n) is 4.20. The number of aliphatic hydroxyl groups excluding tert-OH is 1. The van der Waals surface area contributed by atoms with Crippen LogP contribution in [0.2, 0.25) is 0 Å². The van der Waals surface area contributed by atoms with Crippen LogP contribution in [0.3, 0.4) is 0 Å². The van der Waals surface area contributed by atoms with E-state index in [0.717, 1.165) is 68.4 Å². The molecule has 1 spiro atoms. The molecule has 7 heteroatoms. The molecule has 0 atom stereocenters. The molecule has 2 aromatic heterocycles. The monoisotopic (exact) mass is 386 g/mol. The minimum Gasteiger partial charge on any atom is -0.390 e. The number of anilines is 1. The molecule has 0 saturated carbocycles. The number of aromatic nitrogens is 2. The van der Waals surface area contributed by atoms with E-state index in [-0.39, 0.29) is 17.9 Å². The highest BCUT2D eigenvalue weighted by Crippen LogP contribution is 2.41. The van der Waals surface area contributed by atoms with Crippen molar-refractivity contribution in [3.05, 3.63) is 41.2 Å². The second-order valence-electron chi connectivity index (χ2n) is 7.65. The van der Waals surface area contributed by atoms with E-state index in [1.807, 2.05) is 29.8 Å². The molecular formula is C20H26N4O2S. The van der Waals surface area contributed by atoms with Gasteiger partial charge in [0.1, 0.15) is 0 Å². The van der Waals surface area contributed by atoms with Crippen LogP contribution < -0.4 is 4.90 Å². The maximum atomic E-state index is 12.4. The molecule has 6 nitrogen and oxygen atoms in total. The van der Waals surface area contributed by atoms with Crippen molar-refractivity contribution in [1.82, 2.24) is 14.9 Å². The molecule has 0 unspecified atom stereocenters. The first-order valence-corrected chi connectivity index (χ1v) is 10.5. The summed E-state index contributed by atoms with van der Waals surface area (Å²) in [5.74, 6) is 0.284. The van der Waals surface area contributed by atoms with Gasteiger partial charge < -0.3 is 14.9 Å². The molecule has 2 fully saturated rings. The second-order valence-corrected chi connectivity index (χ2v) is 8.49. The highest BCUT2D eigenvalue weighted by Gasteiger charge is 2.41. The topological polar surface area (TPSA) is 69.6 Å². The lowest BCUT2D eigenvalue weighted by Crippen LogP contribution is -2.52. The van der Waals surface area contributed by atoms with Crippen LogP contribution in [0.25, 0.3) is 0 Å². The van der Waals surface area contributed by atoms with Crippen molar-refractivity contribution in [2.45, 2.75) is 38.7 Å². The van der Waals surface area contributed by atoms with Crippen LogP contribution in [0.1, 0.15) is 37.1 Å². The van der Waals surface area contributed by atoms with Crippen LogP contribution in [-0.4, -0.2) is 52.1 Å². The second kappa shape index (κ2) is 7.94. The number of amides is 1. The first kappa shape index (κ1) is 18.4. The van der Waals surface area contributed by atoms with Gasteiger partial charge in [-0.3, -0.25) is 9.78 Å². The quantitative estimate of drug-likeness (QED) is 0.855. The summed E-state index contributed by atoms with van der Waals surface area (Å²) in [5.41, 5.74) is 2.04. The first-order valence-electron chi connectivity index (χ1n) is 9.65. The van der Waals surface area contributed by atoms with Crippen LogP contribution in [0.5, 0.6) is 0 Å². The minimum atomic E-state index is 0.00161. The zero-order chi connectivity index (χ0) is 18.7. The number of aliphatic hydroxyl groups is 1. The van der Waals surface area contributed by atoms with Crippen LogP contribution >= 0.6 is 11.3 Å². The average molecular weight is 387 g/mol. The van der Waals surface area contributed by atoms with Crippen molar-refractivity contribution in [1.29, 1.82) is 0 Å². The zero-order valence-corrected chi connectivity index (χ0v) is 16.3. The lowest BCUT2D eigenvalue weighted by molar-refractivity contribution is -0.138. The Balaban J connectivity index is 1.35. The summed E-state index contributed by atoms with van der Waals surface area (Å²) >= 11 is 1.61. The van der Waals surface area contributed by atoms with Gasteiger partial charge >= 0.3 is 0 Å². The highest BCUT2D eigenvalue weighted by molar-refractivity contribution is 7.13. The zero-order valence-electron chi connectivity index (χ0n) is 15.5. The Hall–Kier alpha value is -1.99. The Labute approximate surface area is 163 Å². The van der Waals surface area contributed by atoms with E-state index in [9.17, 15) is 9.90 Å². The summed E-state index contributed by atoms with van der Waals surface area (Å²) in [4.78, 5) is 25.7. The summed E-state index contributed by atoms with van der Waals surface area (Å²) in [6.45, 7) is 3.57. The van der Waals surface area contributed by atoms with Gasteiger partial charge in [-0.1, -0.05) is 6.07 Å². The number of piperidine rings is 2. The molecule has 4 heterocycles. The number of carbonyl (C=O) groups is 1. The first-order chi connectivity index (χ1) is 13.2. The lowest BCUT2D eigenvalue weighted by Gasteiger charge is -2.47. The largest absolute Gasteiger partial charge is 0.390 e. The van der Waals surface area contributed by atoms with E-state index in [1.165, 1.54) is 0 Å². The van der Waals surface area contributed by atoms with Gasteiger partial charge in [0.2, 0.25) is 5.91 Å². The Morgan fingerprint density at radius 2 is 2.04 bits per heavy atom. The molecule has 4 rings (SSSR count). The predicted molar refractivity (Wildman–Crippen MR) is 106 cm³/mol. The third-order valence-electron chi connectivity index (χ3n) is 5.91. The molecule has 0 aliphatic carbocycles. The van der Waals surface area contributed by atoms with Crippen LogP contribution in [0.4, 0.5) is 5.13 Å². The van der Waals surface area contributed by atoms with E-state index < -0.39 is 0 Å². The van der Waals surface area contributed by atoms with E-state index >= 15 is 0 Å². The normalized spacial score (nSPS) is 19.7. The summed E-state index contributed by atoms with van der Waals surface area (Å²) in [5, 5.41) is 12.2. The smallest absolute Gasteiger partial charge is 0.222 e. The van der Waals surface area contributed by atoms with Crippen molar-refractivity contribution in [2.75, 3.05) is 31.1 Å². The van der Waals surface area contributed by atoms with E-state index in [1.54, 1.807) is 11.3 Å². The van der Waals surface area contributed by atoms with Gasteiger partial charge in [0.05, 0.1) is 12.3 Å². The third-order valence-corrected chi connectivity index (χ3v) is 6.86. The fraction of sp³-hybridized carbons (Fsp3) is 0.550. The molecule has 27 heavy (non-hydrogen) atoms. The summed E-state index contributed by atoms with van der Waals surface area (Å²) in [7, 11) is 0. The van der Waals surface area contributed by atoms with Crippen LogP contribution in [-0.2, 0) is 17.8 Å². The Morgan fingerprint density at radius 3 is 2.74 bits per heavy atom. The molecule has 2 aromatic rings. The summed E-state index contributed by atoms with van der Waals surface area (Å²) < 4.78 is 0. The predicted octanol–water partition coefficient (Wildman–Crippen LogP) is 2.48. The standard InChI is InChI=1S/C20H26N4O2S/c25-13-17-14-27-19(22-17)23-11-7-20(8-12-23)6-4-18(26)24(15-20)10-5-16-3-1-2-9-21-16/h1-3,9,14,25H,4-8,10-13,15H2. The van der Waals surface area contributed by atoms with Crippen LogP contribution in [0, 0.1) is 5.41 Å². The fourth-order valence-corrected chi connectivity index (χ4v) is 5.07. The van der Waals surface area contributed by atoms with Crippen LogP contribution in [0.15, 0.2) is 29.8 Å². The number of carbonyl (C=O) groups excluding carboxylic acids is 1. The molecule has 0 radical (unpaired) electrons. The van der Waals surface area contributed by atoms with Gasteiger partial charge in [-0.2, -0.15) is 0 Å². The molecule has 0 aromatic carbocycles. The maximum absolute atomic E-state index is 12.4. The Kier molecular flexibility index (Phi) is 5.41. The van der Waals surface area contributed by atoms with E-state index in [4.69, 9.17) is 0 Å². The molecule has 144 valence electrons. The number of nitrogens with zero attached hydrogens (tertiary/aromatic N) is 4. The summed E-state index contributed by atoms with van der Waals surface area (Å²) in [6, 6.07) is 5.94. The number of thiazole rings is 1. The third kappa shape index (κ3) is 4.14. The number of hydrogen-bond acceptors (Lipinski definition) is 6. The number of pyridine rings is 1. The van der Waals surface area contributed by atoms with Crippen molar-refractivity contribution in [3.63, 3.8) is 0 Å². The number of likely N-dealkylation sites (tertiary alicyclic amines) is 1. The van der Waals surface area contributed by atoms with Crippen molar-refractivity contribution < 1.29 is 9.90 Å². The minimum absolute atomic E-state index is 0.00161. The maximum Gasteiger partial charge on any atom is 0.222 e. The van der Waals surface area contributed by atoms with E-state index in [0.29, 0.717) is 6.42 Å². The average Bonchev–Trinajstić information content (AvgIpc) is 3.19. The SMILES string of the molecule is O=C1CCC2(CCN(c3nc(CO)cs3)CC2)CN1CCc1ccccn1. The van der Waals surface area contributed by atoms with Crippen molar-refractivity contribution in [2.24, 2.45) is 5.41 Å². The molecule has 1 N–H and O–H groups in total. The summed E-state index contributed by atoms with van der Waals surface area (Å²) in [6.07, 6.45) is 6.47. The molecular weight excluding hydrogens is 360 g/mol. The Morgan fingerprint density at radius 1 is 1.19 bits per heavy atom. The molecule has 2 aliphatic heterocycles. The molecule has 2 saturated heterocycles. The molecule has 2 aliphatic rings. The van der Waals surface area contributed by atoms with Gasteiger partial charge in [-0.15, -0.1) is 11.3 Å². The van der Waals surface area contributed by atoms with Gasteiger partial charge in [0.15, 0.2) is 5.13 Å². The molecule has 1 amide bonds. The van der Waals surface area contributed by atoms with Crippen molar-refractivity contribution in [3.8, 4) is 0 Å². The van der Waals surface area contributed by atoms with Gasteiger partial charge in [0, 0.05) is 56.3 Å². The molecule has 0 bridgehead atoms. The number of rotatable bonds is 5. The van der Waals surface area contributed by atoms with Gasteiger partial charge in [-0.05, 0) is 36.8 Å². The van der Waals surface area contributed by atoms with Crippen molar-refractivity contribution >= 4 is 22.4 Å². The Bertz CT molecular complexity index is 771. The highest BCUT2D eigenvalue weighted by atomic mass is 32.1. The van der Waals surface area contributed by atoms with Gasteiger partial charge in [-0.25, -0.2) is 4.98 Å².